The van der Waals surface area contributed by atoms with Crippen molar-refractivity contribution in [1.82, 2.24) is 0 Å². The number of carbonyl (C=O) groups is 2. The molecule has 10 heteroatoms. The predicted molar refractivity (Wildman–Crippen MR) is 120 cm³/mol. The maximum Gasteiger partial charge on any atom is 0.262 e. The number of hydrogen-bond acceptors (Lipinski definition) is 6. The lowest BCUT2D eigenvalue weighted by Gasteiger charge is -2.13. The fourth-order valence-electron chi connectivity index (χ4n) is 2.83. The molecule has 0 aliphatic rings. The number of anilines is 1. The summed E-state index contributed by atoms with van der Waals surface area (Å²) in [6.07, 6.45) is 0. The Hall–Kier alpha value is -3.40. The number of benzene rings is 3. The molecule has 3 aromatic rings. The van der Waals surface area contributed by atoms with Gasteiger partial charge in [0.1, 0.15) is 11.5 Å². The standard InChI is InChI=1S/C22H19ClN2O6S/c1-30-20-12-16(32(24,28)29)8-9-18(20)25-21(26)13-31-19-10-7-15(23)11-17(19)22(27)14-5-3-2-4-6-14/h2-12H,13H2,1H3,(H,25,26)(H2,24,28,29). The van der Waals surface area contributed by atoms with E-state index in [1.54, 1.807) is 36.4 Å². The largest absolute Gasteiger partial charge is 0.495 e. The van der Waals surface area contributed by atoms with E-state index in [-0.39, 0.29) is 33.4 Å². The summed E-state index contributed by atoms with van der Waals surface area (Å²) in [5.41, 5.74) is 0.889. The molecule has 8 nitrogen and oxygen atoms in total. The Morgan fingerprint density at radius 1 is 1.00 bits per heavy atom. The van der Waals surface area contributed by atoms with Crippen molar-refractivity contribution in [3.8, 4) is 11.5 Å². The fraction of sp³-hybridized carbons (Fsp3) is 0.0909. The third-order valence-corrected chi connectivity index (χ3v) is 5.50. The van der Waals surface area contributed by atoms with Gasteiger partial charge in [-0.15, -0.1) is 0 Å². The molecule has 1 amide bonds. The van der Waals surface area contributed by atoms with Crippen molar-refractivity contribution >= 4 is 39.0 Å². The molecule has 3 aromatic carbocycles. The van der Waals surface area contributed by atoms with Crippen LogP contribution in [0.3, 0.4) is 0 Å². The normalized spacial score (nSPS) is 11.0. The van der Waals surface area contributed by atoms with Gasteiger partial charge >= 0.3 is 0 Å². The van der Waals surface area contributed by atoms with Crippen LogP contribution in [0.2, 0.25) is 5.02 Å². The minimum Gasteiger partial charge on any atom is -0.495 e. The lowest BCUT2D eigenvalue weighted by molar-refractivity contribution is -0.118. The van der Waals surface area contributed by atoms with Gasteiger partial charge in [-0.2, -0.15) is 0 Å². The Balaban J connectivity index is 1.75. The molecular weight excluding hydrogens is 456 g/mol. The first-order valence-corrected chi connectivity index (χ1v) is 11.1. The third-order valence-electron chi connectivity index (χ3n) is 4.36. The summed E-state index contributed by atoms with van der Waals surface area (Å²) in [5, 5.41) is 8.02. The average molecular weight is 475 g/mol. The Morgan fingerprint density at radius 2 is 1.72 bits per heavy atom. The molecule has 0 fully saturated rings. The number of methoxy groups -OCH3 is 1. The summed E-state index contributed by atoms with van der Waals surface area (Å²) < 4.78 is 33.7. The van der Waals surface area contributed by atoms with E-state index in [0.717, 1.165) is 0 Å². The van der Waals surface area contributed by atoms with Crippen LogP contribution in [-0.4, -0.2) is 33.8 Å². The second-order valence-electron chi connectivity index (χ2n) is 6.58. The average Bonchev–Trinajstić information content (AvgIpc) is 2.77. The zero-order chi connectivity index (χ0) is 23.3. The molecule has 3 N–H and O–H groups in total. The zero-order valence-corrected chi connectivity index (χ0v) is 18.4. The number of ketones is 1. The number of halogens is 1. The highest BCUT2D eigenvalue weighted by atomic mass is 35.5. The molecule has 0 radical (unpaired) electrons. The second-order valence-corrected chi connectivity index (χ2v) is 8.58. The van der Waals surface area contributed by atoms with Crippen LogP contribution in [0.5, 0.6) is 11.5 Å². The Kier molecular flexibility index (Phi) is 7.14. The SMILES string of the molecule is COc1cc(S(N)(=O)=O)ccc1NC(=O)COc1ccc(Cl)cc1C(=O)c1ccccc1. The fourth-order valence-corrected chi connectivity index (χ4v) is 3.53. The van der Waals surface area contributed by atoms with Crippen molar-refractivity contribution in [2.24, 2.45) is 5.14 Å². The minimum atomic E-state index is -3.93. The van der Waals surface area contributed by atoms with Gasteiger partial charge in [0.2, 0.25) is 10.0 Å². The molecular formula is C22H19ClN2O6S. The molecule has 0 aromatic heterocycles. The molecule has 0 bridgehead atoms. The first kappa shape index (κ1) is 23.3. The van der Waals surface area contributed by atoms with Crippen molar-refractivity contribution < 1.29 is 27.5 Å². The molecule has 0 saturated heterocycles. The molecule has 0 atom stereocenters. The van der Waals surface area contributed by atoms with Gasteiger partial charge in [0.25, 0.3) is 5.91 Å². The van der Waals surface area contributed by atoms with Gasteiger partial charge in [0, 0.05) is 16.7 Å². The molecule has 0 aliphatic carbocycles. The molecule has 0 heterocycles. The topological polar surface area (TPSA) is 125 Å². The van der Waals surface area contributed by atoms with Gasteiger partial charge in [-0.3, -0.25) is 9.59 Å². The van der Waals surface area contributed by atoms with Crippen molar-refractivity contribution in [2.45, 2.75) is 4.90 Å². The number of nitrogens with two attached hydrogens (primary N) is 1. The molecule has 0 spiro atoms. The first-order chi connectivity index (χ1) is 15.2. The summed E-state index contributed by atoms with van der Waals surface area (Å²) in [4.78, 5) is 25.1. The quantitative estimate of drug-likeness (QED) is 0.483. The number of rotatable bonds is 8. The number of nitrogens with one attached hydrogen (secondary N) is 1. The second kappa shape index (κ2) is 9.82. The molecule has 166 valence electrons. The lowest BCUT2D eigenvalue weighted by Crippen LogP contribution is -2.21. The van der Waals surface area contributed by atoms with E-state index in [0.29, 0.717) is 10.6 Å². The summed E-state index contributed by atoms with van der Waals surface area (Å²) in [7, 11) is -2.60. The van der Waals surface area contributed by atoms with Crippen LogP contribution in [0.25, 0.3) is 0 Å². The minimum absolute atomic E-state index is 0.108. The number of hydrogen-bond donors (Lipinski definition) is 2. The van der Waals surface area contributed by atoms with E-state index >= 15 is 0 Å². The van der Waals surface area contributed by atoms with E-state index < -0.39 is 22.5 Å². The van der Waals surface area contributed by atoms with E-state index in [4.69, 9.17) is 26.2 Å². The van der Waals surface area contributed by atoms with Gasteiger partial charge in [-0.1, -0.05) is 41.9 Å². The number of amides is 1. The van der Waals surface area contributed by atoms with Gasteiger partial charge in [-0.05, 0) is 30.3 Å². The number of primary sulfonamides is 1. The van der Waals surface area contributed by atoms with Crippen molar-refractivity contribution in [1.29, 1.82) is 0 Å². The van der Waals surface area contributed by atoms with Crippen LogP contribution in [0.1, 0.15) is 15.9 Å². The van der Waals surface area contributed by atoms with Crippen LogP contribution in [0.4, 0.5) is 5.69 Å². The van der Waals surface area contributed by atoms with Gasteiger partial charge in [0.05, 0.1) is 23.3 Å². The number of sulfonamides is 1. The highest BCUT2D eigenvalue weighted by Gasteiger charge is 2.18. The van der Waals surface area contributed by atoms with Crippen LogP contribution in [0.15, 0.2) is 71.6 Å². The van der Waals surface area contributed by atoms with Crippen molar-refractivity contribution in [3.05, 3.63) is 82.9 Å². The van der Waals surface area contributed by atoms with Crippen LogP contribution in [-0.2, 0) is 14.8 Å². The number of carbonyl (C=O) groups excluding carboxylic acids is 2. The predicted octanol–water partition coefficient (Wildman–Crippen LogP) is 3.24. The van der Waals surface area contributed by atoms with Crippen LogP contribution >= 0.6 is 11.6 Å². The molecule has 0 unspecified atom stereocenters. The van der Waals surface area contributed by atoms with Crippen molar-refractivity contribution in [2.75, 3.05) is 19.0 Å². The monoisotopic (exact) mass is 474 g/mol. The molecule has 0 aliphatic heterocycles. The highest BCUT2D eigenvalue weighted by molar-refractivity contribution is 7.89. The molecule has 32 heavy (non-hydrogen) atoms. The maximum atomic E-state index is 12.8. The van der Waals surface area contributed by atoms with Crippen LogP contribution in [0, 0.1) is 0 Å². The van der Waals surface area contributed by atoms with Crippen molar-refractivity contribution in [3.63, 3.8) is 0 Å². The van der Waals surface area contributed by atoms with Gasteiger partial charge in [-0.25, -0.2) is 13.6 Å². The number of ether oxygens (including phenoxy) is 2. The summed E-state index contributed by atoms with van der Waals surface area (Å²) >= 11 is 6.04. The summed E-state index contributed by atoms with van der Waals surface area (Å²) in [6.45, 7) is -0.420. The maximum absolute atomic E-state index is 12.8. The Labute approximate surface area is 190 Å². The lowest BCUT2D eigenvalue weighted by atomic mass is 10.0. The van der Waals surface area contributed by atoms with Crippen LogP contribution < -0.4 is 19.9 Å². The van der Waals surface area contributed by atoms with Gasteiger partial charge in [0.15, 0.2) is 12.4 Å². The van der Waals surface area contributed by atoms with Gasteiger partial charge < -0.3 is 14.8 Å². The van der Waals surface area contributed by atoms with E-state index in [1.165, 1.54) is 37.4 Å². The summed E-state index contributed by atoms with van der Waals surface area (Å²) in [5.74, 6) is -0.560. The van der Waals surface area contributed by atoms with E-state index in [9.17, 15) is 18.0 Å². The Morgan fingerprint density at radius 3 is 2.38 bits per heavy atom. The molecule has 0 saturated carbocycles. The van der Waals surface area contributed by atoms with E-state index in [2.05, 4.69) is 5.32 Å². The smallest absolute Gasteiger partial charge is 0.262 e. The first-order valence-electron chi connectivity index (χ1n) is 9.22. The third kappa shape index (κ3) is 5.64. The Bertz CT molecular complexity index is 1260. The summed E-state index contributed by atoms with van der Waals surface area (Å²) in [6, 6.07) is 16.9. The highest BCUT2D eigenvalue weighted by Crippen LogP contribution is 2.28. The van der Waals surface area contributed by atoms with E-state index in [1.807, 2.05) is 0 Å². The zero-order valence-electron chi connectivity index (χ0n) is 16.9. The molecule has 3 rings (SSSR count).